The van der Waals surface area contributed by atoms with Gasteiger partial charge >= 0.3 is 0 Å². The van der Waals surface area contributed by atoms with Gasteiger partial charge in [-0.3, -0.25) is 4.90 Å². The van der Waals surface area contributed by atoms with E-state index in [1.165, 1.54) is 167 Å². The van der Waals surface area contributed by atoms with E-state index in [0.29, 0.717) is 17.2 Å². The third-order valence-electron chi connectivity index (χ3n) is 10.2. The van der Waals surface area contributed by atoms with Crippen molar-refractivity contribution in [3.63, 3.8) is 0 Å². The predicted molar refractivity (Wildman–Crippen MR) is 180 cm³/mol. The molecule has 0 radical (unpaired) electrons. The molecule has 0 aromatic carbocycles. The summed E-state index contributed by atoms with van der Waals surface area (Å²) in [6, 6.07) is 1.42. The molecule has 0 bridgehead atoms. The Bertz CT molecular complexity index is 511. The maximum Gasteiger partial charge on any atom is 0.0706 e. The van der Waals surface area contributed by atoms with Gasteiger partial charge in [0, 0.05) is 13.1 Å². The number of rotatable bonds is 25. The monoisotopic (exact) mass is 566 g/mol. The van der Waals surface area contributed by atoms with Gasteiger partial charge in [-0.05, 0) is 30.5 Å². The average Bonchev–Trinajstić information content (AvgIpc) is 2.89. The Balaban J connectivity index is 2.36. The molecule has 1 heterocycles. The van der Waals surface area contributed by atoms with E-state index >= 15 is 0 Å². The van der Waals surface area contributed by atoms with Gasteiger partial charge in [-0.2, -0.15) is 0 Å². The molecule has 0 N–H and O–H groups in total. The average molecular weight is 566 g/mol. The maximum absolute atomic E-state index is 6.75. The normalized spacial score (nSPS) is 19.2. The molecule has 2 atom stereocenters. The van der Waals surface area contributed by atoms with Crippen molar-refractivity contribution in [2.75, 3.05) is 19.6 Å². The van der Waals surface area contributed by atoms with Crippen LogP contribution in [0, 0.1) is 0 Å². The number of hydrogen-bond acceptors (Lipinski definition) is 2. The van der Waals surface area contributed by atoms with E-state index in [-0.39, 0.29) is 0 Å². The Kier molecular flexibility index (Phi) is 21.6. The fraction of sp³-hybridized carbons (Fsp3) is 1.00. The van der Waals surface area contributed by atoms with Crippen LogP contribution in [0.4, 0.5) is 0 Å². The van der Waals surface area contributed by atoms with Crippen LogP contribution in [0.5, 0.6) is 0 Å². The standard InChI is InChI=1S/C36H75NOSi/c1-8-10-12-14-16-18-20-22-24-26-28-34-32-37(30-31-39(6,7)36(3,4)5)33-35(38-34)29-27-25-23-21-19-17-15-13-11-9-2/h34-35H,8-33H2,1-7H3. The first-order valence-electron chi connectivity index (χ1n) is 18.1. The Morgan fingerprint density at radius 2 is 0.897 bits per heavy atom. The zero-order valence-electron chi connectivity index (χ0n) is 28.4. The second-order valence-corrected chi connectivity index (χ2v) is 20.7. The van der Waals surface area contributed by atoms with Crippen LogP contribution in [0.15, 0.2) is 0 Å². The summed E-state index contributed by atoms with van der Waals surface area (Å²) in [6.07, 6.45) is 32.0. The molecule has 234 valence electrons. The smallest absolute Gasteiger partial charge is 0.0706 e. The molecule has 0 aromatic heterocycles. The van der Waals surface area contributed by atoms with Crippen LogP contribution < -0.4 is 0 Å². The topological polar surface area (TPSA) is 12.5 Å². The van der Waals surface area contributed by atoms with E-state index < -0.39 is 8.07 Å². The lowest BCUT2D eigenvalue weighted by Gasteiger charge is -2.42. The summed E-state index contributed by atoms with van der Waals surface area (Å²) in [5.41, 5.74) is 0. The van der Waals surface area contributed by atoms with E-state index in [2.05, 4.69) is 52.6 Å². The Morgan fingerprint density at radius 3 is 1.23 bits per heavy atom. The number of ether oxygens (including phenoxy) is 1. The molecule has 0 amide bonds. The molecule has 0 saturated carbocycles. The van der Waals surface area contributed by atoms with Gasteiger partial charge < -0.3 is 4.74 Å². The van der Waals surface area contributed by atoms with E-state index in [1.54, 1.807) is 0 Å². The summed E-state index contributed by atoms with van der Waals surface area (Å²) in [5, 5.41) is 0.490. The van der Waals surface area contributed by atoms with Gasteiger partial charge in [-0.25, -0.2) is 0 Å². The molecule has 39 heavy (non-hydrogen) atoms. The molecule has 1 aliphatic heterocycles. The highest BCUT2D eigenvalue weighted by Crippen LogP contribution is 2.38. The summed E-state index contributed by atoms with van der Waals surface area (Å²) >= 11 is 0. The number of morpholine rings is 1. The molecule has 1 fully saturated rings. The van der Waals surface area contributed by atoms with Crippen molar-refractivity contribution >= 4 is 8.07 Å². The van der Waals surface area contributed by atoms with Crippen molar-refractivity contribution in [1.82, 2.24) is 4.90 Å². The van der Waals surface area contributed by atoms with Crippen LogP contribution in [-0.4, -0.2) is 44.8 Å². The number of hydrogen-bond donors (Lipinski definition) is 0. The summed E-state index contributed by atoms with van der Waals surface area (Å²) in [5.74, 6) is 0. The minimum Gasteiger partial charge on any atom is -0.372 e. The van der Waals surface area contributed by atoms with Gasteiger partial charge in [-0.15, -0.1) is 0 Å². The van der Waals surface area contributed by atoms with Crippen molar-refractivity contribution in [2.45, 2.75) is 212 Å². The second kappa shape index (κ2) is 22.7. The Labute approximate surface area is 249 Å². The molecule has 2 unspecified atom stereocenters. The Hall–Kier alpha value is 0.137. The van der Waals surface area contributed by atoms with Crippen LogP contribution in [-0.2, 0) is 4.74 Å². The molecular formula is C36H75NOSi. The van der Waals surface area contributed by atoms with Gasteiger partial charge in [0.25, 0.3) is 0 Å². The van der Waals surface area contributed by atoms with Crippen molar-refractivity contribution in [3.8, 4) is 0 Å². The van der Waals surface area contributed by atoms with Gasteiger partial charge in [-0.1, -0.05) is 176 Å². The second-order valence-electron chi connectivity index (χ2n) is 15.0. The summed E-state index contributed by atoms with van der Waals surface area (Å²) in [6.45, 7) is 20.9. The highest BCUT2D eigenvalue weighted by Gasteiger charge is 2.36. The van der Waals surface area contributed by atoms with Gasteiger partial charge in [0.05, 0.1) is 20.3 Å². The molecule has 1 rings (SSSR count). The van der Waals surface area contributed by atoms with Gasteiger partial charge in [0.2, 0.25) is 0 Å². The first kappa shape index (κ1) is 37.2. The lowest BCUT2D eigenvalue weighted by atomic mass is 10.0. The summed E-state index contributed by atoms with van der Waals surface area (Å²) in [4.78, 5) is 2.81. The summed E-state index contributed by atoms with van der Waals surface area (Å²) < 4.78 is 6.75. The van der Waals surface area contributed by atoms with Crippen molar-refractivity contribution in [1.29, 1.82) is 0 Å². The molecule has 0 aromatic rings. The summed E-state index contributed by atoms with van der Waals surface area (Å²) in [7, 11) is -1.23. The van der Waals surface area contributed by atoms with Crippen molar-refractivity contribution in [3.05, 3.63) is 0 Å². The van der Waals surface area contributed by atoms with Crippen LogP contribution in [0.1, 0.15) is 176 Å². The molecule has 0 aliphatic carbocycles. The van der Waals surface area contributed by atoms with Crippen LogP contribution in [0.2, 0.25) is 24.2 Å². The van der Waals surface area contributed by atoms with Crippen LogP contribution in [0.3, 0.4) is 0 Å². The van der Waals surface area contributed by atoms with Gasteiger partial charge in [0.1, 0.15) is 0 Å². The molecule has 0 spiro atoms. The third kappa shape index (κ3) is 19.0. The Morgan fingerprint density at radius 1 is 0.564 bits per heavy atom. The SMILES string of the molecule is CCCCCCCCCCCCC1CN(CC[Si](C)(C)C(C)(C)C)CC(CCCCCCCCCCCC)O1. The molecule has 2 nitrogen and oxygen atoms in total. The van der Waals surface area contributed by atoms with Crippen molar-refractivity contribution < 1.29 is 4.74 Å². The number of unbranched alkanes of at least 4 members (excludes halogenated alkanes) is 18. The minimum atomic E-state index is -1.23. The van der Waals surface area contributed by atoms with E-state index in [4.69, 9.17) is 4.74 Å². The predicted octanol–water partition coefficient (Wildman–Crippen LogP) is 12.2. The fourth-order valence-corrected chi connectivity index (χ4v) is 7.67. The zero-order valence-corrected chi connectivity index (χ0v) is 29.4. The molecule has 3 heteroatoms. The highest BCUT2D eigenvalue weighted by atomic mass is 28.3. The lowest BCUT2D eigenvalue weighted by Crippen LogP contribution is -2.49. The number of nitrogens with zero attached hydrogens (tertiary/aromatic N) is 1. The first-order valence-corrected chi connectivity index (χ1v) is 21.3. The van der Waals surface area contributed by atoms with Crippen LogP contribution in [0.25, 0.3) is 0 Å². The van der Waals surface area contributed by atoms with E-state index in [1.807, 2.05) is 0 Å². The van der Waals surface area contributed by atoms with E-state index in [9.17, 15) is 0 Å². The van der Waals surface area contributed by atoms with Crippen LogP contribution >= 0.6 is 0 Å². The fourth-order valence-electron chi connectivity index (χ4n) is 6.04. The maximum atomic E-state index is 6.75. The molecule has 1 saturated heterocycles. The quantitative estimate of drug-likeness (QED) is 0.0806. The van der Waals surface area contributed by atoms with Gasteiger partial charge in [0.15, 0.2) is 0 Å². The third-order valence-corrected chi connectivity index (χ3v) is 15.7. The van der Waals surface area contributed by atoms with Crippen molar-refractivity contribution in [2.24, 2.45) is 0 Å². The largest absolute Gasteiger partial charge is 0.372 e. The zero-order chi connectivity index (χ0) is 28.8. The molecule has 1 aliphatic rings. The highest BCUT2D eigenvalue weighted by molar-refractivity contribution is 6.80. The first-order chi connectivity index (χ1) is 18.7. The van der Waals surface area contributed by atoms with E-state index in [0.717, 1.165) is 0 Å². The molecular weight excluding hydrogens is 490 g/mol. The minimum absolute atomic E-state index is 0.473. The lowest BCUT2D eigenvalue weighted by molar-refractivity contribution is -0.0907.